The zero-order valence-corrected chi connectivity index (χ0v) is 15.0. The van der Waals surface area contributed by atoms with Gasteiger partial charge in [0.05, 0.1) is 10.6 Å². The van der Waals surface area contributed by atoms with Crippen molar-refractivity contribution in [3.05, 3.63) is 71.3 Å². The second-order valence-electron chi connectivity index (χ2n) is 5.83. The van der Waals surface area contributed by atoms with Gasteiger partial charge in [0.2, 0.25) is 0 Å². The summed E-state index contributed by atoms with van der Waals surface area (Å²) in [6.45, 7) is 1.87. The van der Waals surface area contributed by atoms with Gasteiger partial charge in [-0.2, -0.15) is 5.10 Å². The highest BCUT2D eigenvalue weighted by atomic mass is 35.5. The Labute approximate surface area is 159 Å². The minimum absolute atomic E-state index is 0.288. The molecule has 7 nitrogen and oxygen atoms in total. The normalized spacial score (nSPS) is 10.7. The number of aryl methyl sites for hydroxylation is 1. The summed E-state index contributed by atoms with van der Waals surface area (Å²) in [6, 6.07) is 10.2. The van der Waals surface area contributed by atoms with Gasteiger partial charge in [-0.05, 0) is 43.3 Å². The number of nitrogens with one attached hydrogen (secondary N) is 2. The first-order chi connectivity index (χ1) is 13.1. The van der Waals surface area contributed by atoms with Crippen molar-refractivity contribution >= 4 is 34.2 Å². The fourth-order valence-electron chi connectivity index (χ4n) is 2.54. The number of hydrogen-bond acceptors (Lipinski definition) is 5. The zero-order valence-electron chi connectivity index (χ0n) is 14.2. The molecule has 1 aromatic carbocycles. The van der Waals surface area contributed by atoms with Crippen LogP contribution < -0.4 is 10.1 Å². The lowest BCUT2D eigenvalue weighted by molar-refractivity contribution is 0.102. The molecule has 0 bridgehead atoms. The third kappa shape index (κ3) is 3.58. The van der Waals surface area contributed by atoms with Crippen LogP contribution in [0, 0.1) is 6.92 Å². The average molecular weight is 380 g/mol. The van der Waals surface area contributed by atoms with Gasteiger partial charge in [0.15, 0.2) is 5.65 Å². The van der Waals surface area contributed by atoms with Crippen LogP contribution in [0.1, 0.15) is 16.1 Å². The van der Waals surface area contributed by atoms with Crippen molar-refractivity contribution in [2.24, 2.45) is 0 Å². The number of rotatable bonds is 4. The number of anilines is 1. The molecule has 8 heteroatoms. The van der Waals surface area contributed by atoms with Gasteiger partial charge >= 0.3 is 0 Å². The molecule has 0 saturated carbocycles. The van der Waals surface area contributed by atoms with E-state index in [-0.39, 0.29) is 5.91 Å². The summed E-state index contributed by atoms with van der Waals surface area (Å²) in [5.41, 5.74) is 2.41. The van der Waals surface area contributed by atoms with Gasteiger partial charge in [0.25, 0.3) is 5.91 Å². The first-order valence-corrected chi connectivity index (χ1v) is 8.47. The van der Waals surface area contributed by atoms with Gasteiger partial charge in [0.1, 0.15) is 11.5 Å². The largest absolute Gasteiger partial charge is 0.456 e. The second kappa shape index (κ2) is 7.05. The summed E-state index contributed by atoms with van der Waals surface area (Å²) in [7, 11) is 0. The molecule has 0 saturated heterocycles. The van der Waals surface area contributed by atoms with Crippen LogP contribution in [0.15, 0.2) is 55.0 Å². The highest BCUT2D eigenvalue weighted by Gasteiger charge is 2.12. The highest BCUT2D eigenvalue weighted by Crippen LogP contribution is 2.31. The molecule has 3 heterocycles. The fourth-order valence-corrected chi connectivity index (χ4v) is 2.76. The van der Waals surface area contributed by atoms with Gasteiger partial charge in [-0.15, -0.1) is 0 Å². The number of amides is 1. The molecule has 0 atom stereocenters. The molecule has 0 unspecified atom stereocenters. The summed E-state index contributed by atoms with van der Waals surface area (Å²) in [6.07, 6.45) is 4.75. The van der Waals surface area contributed by atoms with Gasteiger partial charge in [0, 0.05) is 35.4 Å². The minimum atomic E-state index is -0.288. The van der Waals surface area contributed by atoms with E-state index in [9.17, 15) is 4.79 Å². The highest BCUT2D eigenvalue weighted by molar-refractivity contribution is 6.32. The van der Waals surface area contributed by atoms with E-state index in [0.29, 0.717) is 33.4 Å². The van der Waals surface area contributed by atoms with Gasteiger partial charge in [-0.3, -0.25) is 14.9 Å². The maximum absolute atomic E-state index is 12.5. The summed E-state index contributed by atoms with van der Waals surface area (Å²) < 4.78 is 5.70. The van der Waals surface area contributed by atoms with Crippen molar-refractivity contribution in [2.45, 2.75) is 6.92 Å². The first-order valence-electron chi connectivity index (χ1n) is 8.09. The maximum atomic E-state index is 12.5. The lowest BCUT2D eigenvalue weighted by Gasteiger charge is -2.10. The number of nitrogens with zero attached hydrogens (tertiary/aromatic N) is 3. The zero-order chi connectivity index (χ0) is 18.8. The molecule has 2 N–H and O–H groups in total. The Morgan fingerprint density at radius 2 is 2.00 bits per heavy atom. The van der Waals surface area contributed by atoms with Gasteiger partial charge in [-0.1, -0.05) is 11.6 Å². The van der Waals surface area contributed by atoms with E-state index in [0.717, 1.165) is 11.1 Å². The number of ether oxygens (including phenoxy) is 1. The van der Waals surface area contributed by atoms with E-state index in [1.54, 1.807) is 48.8 Å². The Bertz CT molecular complexity index is 1130. The van der Waals surface area contributed by atoms with E-state index in [4.69, 9.17) is 16.3 Å². The fraction of sp³-hybridized carbons (Fsp3) is 0.0526. The van der Waals surface area contributed by atoms with Crippen molar-refractivity contribution in [3.8, 4) is 11.5 Å². The molecule has 0 radical (unpaired) electrons. The third-order valence-electron chi connectivity index (χ3n) is 3.93. The lowest BCUT2D eigenvalue weighted by atomic mass is 10.2. The van der Waals surface area contributed by atoms with Crippen LogP contribution >= 0.6 is 11.6 Å². The van der Waals surface area contributed by atoms with Gasteiger partial charge in [-0.25, -0.2) is 4.98 Å². The Kier molecular flexibility index (Phi) is 4.43. The summed E-state index contributed by atoms with van der Waals surface area (Å²) >= 11 is 6.28. The molecule has 4 rings (SSSR count). The topological polar surface area (TPSA) is 92.8 Å². The SMILES string of the molecule is Cc1[nH]nc2ncc(C(=O)Nc3ccc(Oc4ccncc4)c(Cl)c3)cc12. The van der Waals surface area contributed by atoms with E-state index < -0.39 is 0 Å². The second-order valence-corrected chi connectivity index (χ2v) is 6.24. The molecule has 134 valence electrons. The molecule has 4 aromatic rings. The van der Waals surface area contributed by atoms with Crippen LogP contribution in [0.3, 0.4) is 0 Å². The molecule has 27 heavy (non-hydrogen) atoms. The summed E-state index contributed by atoms with van der Waals surface area (Å²) in [4.78, 5) is 20.6. The quantitative estimate of drug-likeness (QED) is 0.549. The summed E-state index contributed by atoms with van der Waals surface area (Å²) in [5.74, 6) is 0.820. The van der Waals surface area contributed by atoms with Crippen molar-refractivity contribution in [2.75, 3.05) is 5.32 Å². The van der Waals surface area contributed by atoms with Crippen molar-refractivity contribution < 1.29 is 9.53 Å². The molecule has 0 aliphatic heterocycles. The number of aromatic nitrogens is 4. The number of halogens is 1. The van der Waals surface area contributed by atoms with Crippen LogP contribution in [-0.4, -0.2) is 26.1 Å². The molecule has 1 amide bonds. The third-order valence-corrected chi connectivity index (χ3v) is 4.23. The predicted octanol–water partition coefficient (Wildman–Crippen LogP) is 4.36. The van der Waals surface area contributed by atoms with Crippen LogP contribution in [0.2, 0.25) is 5.02 Å². The smallest absolute Gasteiger partial charge is 0.257 e. The van der Waals surface area contributed by atoms with Crippen LogP contribution in [0.4, 0.5) is 5.69 Å². The standard InChI is InChI=1S/C19H14ClN5O2/c1-11-15-8-12(10-22-18(15)25-24-11)19(26)23-13-2-3-17(16(20)9-13)27-14-4-6-21-7-5-14/h2-10H,1H3,(H,23,26)(H,22,24,25). The van der Waals surface area contributed by atoms with E-state index >= 15 is 0 Å². The molecule has 0 fully saturated rings. The monoisotopic (exact) mass is 379 g/mol. The van der Waals surface area contributed by atoms with Crippen LogP contribution in [0.5, 0.6) is 11.5 Å². The Balaban J connectivity index is 1.52. The van der Waals surface area contributed by atoms with Crippen molar-refractivity contribution in [1.29, 1.82) is 0 Å². The van der Waals surface area contributed by atoms with Gasteiger partial charge < -0.3 is 10.1 Å². The number of carbonyl (C=O) groups is 1. The Morgan fingerprint density at radius 1 is 1.19 bits per heavy atom. The molecular weight excluding hydrogens is 366 g/mol. The number of fused-ring (bicyclic) bond motifs is 1. The Morgan fingerprint density at radius 3 is 2.78 bits per heavy atom. The first kappa shape index (κ1) is 17.0. The summed E-state index contributed by atoms with van der Waals surface area (Å²) in [5, 5.41) is 10.9. The van der Waals surface area contributed by atoms with E-state index in [1.807, 2.05) is 6.92 Å². The minimum Gasteiger partial charge on any atom is -0.456 e. The Hall–Kier alpha value is -3.45. The number of H-pyrrole nitrogens is 1. The predicted molar refractivity (Wildman–Crippen MR) is 102 cm³/mol. The molecule has 0 aliphatic carbocycles. The average Bonchev–Trinajstić information content (AvgIpc) is 3.05. The van der Waals surface area contributed by atoms with Crippen molar-refractivity contribution in [3.63, 3.8) is 0 Å². The van der Waals surface area contributed by atoms with E-state index in [2.05, 4.69) is 25.5 Å². The van der Waals surface area contributed by atoms with Crippen LogP contribution in [0.25, 0.3) is 11.0 Å². The van der Waals surface area contributed by atoms with E-state index in [1.165, 1.54) is 6.20 Å². The molecule has 3 aromatic heterocycles. The lowest BCUT2D eigenvalue weighted by Crippen LogP contribution is -2.12. The van der Waals surface area contributed by atoms with Crippen LogP contribution in [-0.2, 0) is 0 Å². The number of carbonyl (C=O) groups excluding carboxylic acids is 1. The molecule has 0 spiro atoms. The number of pyridine rings is 2. The molecular formula is C19H14ClN5O2. The molecule has 0 aliphatic rings. The number of hydrogen-bond donors (Lipinski definition) is 2. The maximum Gasteiger partial charge on any atom is 0.257 e. The van der Waals surface area contributed by atoms with Crippen molar-refractivity contribution in [1.82, 2.24) is 20.2 Å². The number of benzene rings is 1. The number of aromatic amines is 1.